The van der Waals surface area contributed by atoms with Gasteiger partial charge in [-0.05, 0) is 87.6 Å². The van der Waals surface area contributed by atoms with Crippen molar-refractivity contribution >= 4 is 33.7 Å². The van der Waals surface area contributed by atoms with E-state index in [-0.39, 0.29) is 42.2 Å². The summed E-state index contributed by atoms with van der Waals surface area (Å²) in [6.07, 6.45) is 8.14. The van der Waals surface area contributed by atoms with Gasteiger partial charge in [0.15, 0.2) is 5.60 Å². The first kappa shape index (κ1) is 43.9. The molecule has 16 nitrogen and oxygen atoms in total. The summed E-state index contributed by atoms with van der Waals surface area (Å²) in [5.41, 5.74) is 8.43. The van der Waals surface area contributed by atoms with Crippen LogP contribution in [0.1, 0.15) is 61.1 Å². The van der Waals surface area contributed by atoms with Crippen LogP contribution in [0.2, 0.25) is 0 Å². The van der Waals surface area contributed by atoms with Gasteiger partial charge in [0, 0.05) is 110 Å². The number of nitrogens with two attached hydrogens (primary N) is 1. The maximum Gasteiger partial charge on any atom is 0.333 e. The Morgan fingerprint density at radius 1 is 0.925 bits per heavy atom. The zero-order chi connectivity index (χ0) is 46.7. The van der Waals surface area contributed by atoms with Gasteiger partial charge < -0.3 is 34.6 Å². The molecule has 10 rings (SSSR count). The second-order valence-corrected chi connectivity index (χ2v) is 18.1. The second-order valence-electron chi connectivity index (χ2n) is 18.1. The van der Waals surface area contributed by atoms with Crippen molar-refractivity contribution in [1.29, 1.82) is 0 Å². The van der Waals surface area contributed by atoms with Gasteiger partial charge in [-0.15, -0.1) is 0 Å². The number of aromatic amines is 2. The number of rotatable bonds is 11. The Morgan fingerprint density at radius 2 is 1.72 bits per heavy atom. The molecule has 4 aromatic heterocycles. The molecule has 1 saturated carbocycles. The van der Waals surface area contributed by atoms with Gasteiger partial charge in [-0.25, -0.2) is 19.2 Å². The Balaban J connectivity index is 0.936. The summed E-state index contributed by atoms with van der Waals surface area (Å²) in [5.74, 6) is 0.299. The van der Waals surface area contributed by atoms with Crippen molar-refractivity contribution in [3.63, 3.8) is 0 Å². The van der Waals surface area contributed by atoms with Crippen molar-refractivity contribution in [3.8, 4) is 22.6 Å². The molecule has 3 fully saturated rings. The van der Waals surface area contributed by atoms with Gasteiger partial charge in [-0.1, -0.05) is 24.3 Å². The van der Waals surface area contributed by atoms with Crippen molar-refractivity contribution < 1.29 is 18.7 Å². The van der Waals surface area contributed by atoms with Gasteiger partial charge >= 0.3 is 5.69 Å². The number of amides is 1. The molecule has 3 aliphatic rings. The molecule has 7 aromatic rings. The lowest BCUT2D eigenvalue weighted by molar-refractivity contribution is -0.0281. The number of nitrogens with one attached hydrogen (secondary N) is 2. The normalized spacial score (nSPS) is 19.3. The molecule has 17 heteroatoms. The van der Waals surface area contributed by atoms with E-state index in [1.807, 2.05) is 35.4 Å². The van der Waals surface area contributed by atoms with E-state index >= 15 is 4.39 Å². The molecule has 2 saturated heterocycles. The molecule has 1 amide bonds. The zero-order valence-electron chi connectivity index (χ0n) is 37.9. The molecule has 2 aliphatic heterocycles. The number of aromatic nitrogens is 6. The summed E-state index contributed by atoms with van der Waals surface area (Å²) < 4.78 is 31.3. The highest BCUT2D eigenvalue weighted by molar-refractivity contribution is 5.98. The van der Waals surface area contributed by atoms with E-state index in [2.05, 4.69) is 33.6 Å². The summed E-state index contributed by atoms with van der Waals surface area (Å²) >= 11 is 0. The van der Waals surface area contributed by atoms with Crippen LogP contribution in [0.15, 0.2) is 106 Å². The first-order valence-corrected chi connectivity index (χ1v) is 22.8. The number of carbonyl (C=O) groups is 1. The number of nitrogens with zero attached hydrogens (tertiary/aromatic N) is 7. The average molecular weight is 909 g/mol. The number of methoxy groups -OCH3 is 1. The van der Waals surface area contributed by atoms with Gasteiger partial charge in [-0.2, -0.15) is 0 Å². The molecular weight excluding hydrogens is 856 g/mol. The van der Waals surface area contributed by atoms with E-state index in [1.54, 1.807) is 54.2 Å². The molecule has 1 aliphatic carbocycles. The van der Waals surface area contributed by atoms with Crippen LogP contribution in [0.3, 0.4) is 0 Å². The van der Waals surface area contributed by atoms with E-state index in [9.17, 15) is 19.2 Å². The van der Waals surface area contributed by atoms with Gasteiger partial charge in [0.2, 0.25) is 5.95 Å². The molecule has 4 N–H and O–H groups in total. The third-order valence-electron chi connectivity index (χ3n) is 13.8. The molecular formula is C50H53FN10O6. The average Bonchev–Trinajstić information content (AvgIpc) is 4.02. The third kappa shape index (κ3) is 7.89. The first-order chi connectivity index (χ1) is 32.4. The molecule has 0 bridgehead atoms. The maximum absolute atomic E-state index is 16.1. The van der Waals surface area contributed by atoms with Crippen LogP contribution in [0.5, 0.6) is 5.75 Å². The fourth-order valence-electron chi connectivity index (χ4n) is 10.1. The monoisotopic (exact) mass is 908 g/mol. The number of ether oxygens (including phenoxy) is 2. The number of pyridine rings is 1. The number of aryl methyl sites for hydroxylation is 1. The summed E-state index contributed by atoms with van der Waals surface area (Å²) in [6, 6.07) is 20.8. The van der Waals surface area contributed by atoms with Gasteiger partial charge in [0.1, 0.15) is 17.1 Å². The summed E-state index contributed by atoms with van der Waals surface area (Å²) in [5, 5.41) is 1.46. The number of halogens is 1. The largest absolute Gasteiger partial charge is 0.495 e. The fraction of sp³-hybridized carbons (Fsp3) is 0.360. The standard InChI is InChI=1S/C50H53FN10O6/c1-29-26-61(46(63)32-10-14-42(66-4)41(24-32)59-22-18-43(62)55-49(59)65)30(2)25-60(29)33-16-20-58(21-17-33)48-54-40-13-9-31(37-27-57(3)47(64)44-35(37)15-19-53-44)23-36(40)45(56-48)50(28-52,67-34-11-12-34)38-7-5-6-8-39(38)51/h5-10,13-15,18-19,22-24,27,29-30,33-34,53H,11-12,16-17,20-21,25-26,28,52H2,1-4H3,(H,55,62,65)/t29-,30+,50?/m0/s1. The van der Waals surface area contributed by atoms with Crippen molar-refractivity contribution in [2.75, 3.05) is 44.7 Å². The summed E-state index contributed by atoms with van der Waals surface area (Å²) in [7, 11) is 3.21. The highest BCUT2D eigenvalue weighted by atomic mass is 19.1. The Kier molecular flexibility index (Phi) is 11.4. The van der Waals surface area contributed by atoms with Crippen LogP contribution in [0.4, 0.5) is 10.3 Å². The Labute approximate surface area is 384 Å². The number of carbonyl (C=O) groups excluding carboxylic acids is 1. The van der Waals surface area contributed by atoms with E-state index in [4.69, 9.17) is 25.2 Å². The third-order valence-corrected chi connectivity index (χ3v) is 13.8. The Bertz CT molecular complexity index is 3220. The molecule has 0 radical (unpaired) electrons. The minimum atomic E-state index is -1.43. The van der Waals surface area contributed by atoms with Crippen LogP contribution >= 0.6 is 0 Å². The SMILES string of the molecule is COc1ccc(C(=O)N2C[C@H](C)N(C3CCN(c4nc(C(CN)(OC5CC5)c5ccccc5F)c5cc(-c6cn(C)c(=O)c7[nH]ccc67)ccc5n4)CC3)C[C@H]2C)cc1-n1ccc(=O)[nH]c1=O. The summed E-state index contributed by atoms with van der Waals surface area (Å²) in [4.78, 5) is 74.1. The topological polar surface area (TPSA) is 190 Å². The Morgan fingerprint density at radius 3 is 2.45 bits per heavy atom. The maximum atomic E-state index is 16.1. The second kappa shape index (κ2) is 17.4. The van der Waals surface area contributed by atoms with Gasteiger partial charge in [-0.3, -0.25) is 28.8 Å². The molecule has 1 unspecified atom stereocenters. The van der Waals surface area contributed by atoms with Crippen LogP contribution in [0, 0.1) is 5.82 Å². The lowest BCUT2D eigenvalue weighted by Crippen LogP contribution is -2.61. The van der Waals surface area contributed by atoms with Gasteiger partial charge in [0.05, 0.1) is 30.1 Å². The van der Waals surface area contributed by atoms with E-state index in [0.717, 1.165) is 42.2 Å². The highest BCUT2D eigenvalue weighted by Crippen LogP contribution is 2.44. The smallest absolute Gasteiger partial charge is 0.333 e. The summed E-state index contributed by atoms with van der Waals surface area (Å²) in [6.45, 7) is 6.64. The number of hydrogen-bond donors (Lipinski definition) is 3. The molecule has 3 atom stereocenters. The number of benzene rings is 3. The van der Waals surface area contributed by atoms with E-state index in [0.29, 0.717) is 76.8 Å². The quantitative estimate of drug-likeness (QED) is 0.158. The lowest BCUT2D eigenvalue weighted by atomic mass is 9.86. The van der Waals surface area contributed by atoms with E-state index < -0.39 is 22.7 Å². The number of piperazine rings is 1. The number of fused-ring (bicyclic) bond motifs is 2. The van der Waals surface area contributed by atoms with Crippen molar-refractivity contribution in [3.05, 3.63) is 145 Å². The molecule has 0 spiro atoms. The number of anilines is 1. The zero-order valence-corrected chi connectivity index (χ0v) is 37.9. The Hall–Kier alpha value is -6.95. The number of piperidine rings is 1. The van der Waals surface area contributed by atoms with Crippen LogP contribution in [-0.4, -0.2) is 109 Å². The van der Waals surface area contributed by atoms with E-state index in [1.165, 1.54) is 30.0 Å². The first-order valence-electron chi connectivity index (χ1n) is 22.8. The van der Waals surface area contributed by atoms with Crippen LogP contribution in [0.25, 0.3) is 38.6 Å². The number of H-pyrrole nitrogens is 2. The molecule has 6 heterocycles. The van der Waals surface area contributed by atoms with Gasteiger partial charge in [0.25, 0.3) is 17.0 Å². The van der Waals surface area contributed by atoms with Crippen LogP contribution in [-0.2, 0) is 17.4 Å². The minimum absolute atomic E-state index is 0.0546. The molecule has 3 aromatic carbocycles. The predicted octanol–water partition coefficient (Wildman–Crippen LogP) is 5.05. The molecule has 67 heavy (non-hydrogen) atoms. The van der Waals surface area contributed by atoms with Crippen LogP contribution < -0.4 is 32.2 Å². The van der Waals surface area contributed by atoms with Crippen molar-refractivity contribution in [2.45, 2.75) is 69.4 Å². The molecule has 346 valence electrons. The lowest BCUT2D eigenvalue weighted by Gasteiger charge is -2.49. The van der Waals surface area contributed by atoms with Crippen molar-refractivity contribution in [2.24, 2.45) is 12.8 Å². The predicted molar refractivity (Wildman–Crippen MR) is 254 cm³/mol. The van der Waals surface area contributed by atoms with Crippen molar-refractivity contribution in [1.82, 2.24) is 38.9 Å². The minimum Gasteiger partial charge on any atom is -0.495 e. The highest BCUT2D eigenvalue weighted by Gasteiger charge is 2.45. The fourth-order valence-corrected chi connectivity index (χ4v) is 10.1. The number of hydrogen-bond acceptors (Lipinski definition) is 11.